The second-order valence-corrected chi connectivity index (χ2v) is 18.8. The van der Waals surface area contributed by atoms with Gasteiger partial charge in [-0.05, 0) is 66.0 Å². The third-order valence-corrected chi connectivity index (χ3v) is 12.3. The van der Waals surface area contributed by atoms with Crippen LogP contribution in [0.5, 0.6) is 5.75 Å². The van der Waals surface area contributed by atoms with Crippen molar-refractivity contribution in [2.75, 3.05) is 16.4 Å². The van der Waals surface area contributed by atoms with Crippen molar-refractivity contribution < 1.29 is 76.3 Å². The average Bonchev–Trinajstić information content (AvgIpc) is 3.18. The summed E-state index contributed by atoms with van der Waals surface area (Å²) in [5, 5.41) is 52.6. The summed E-state index contributed by atoms with van der Waals surface area (Å²) in [5.74, 6) is -3.24. The highest BCUT2D eigenvalue weighted by Crippen LogP contribution is 2.56. The highest BCUT2D eigenvalue weighted by molar-refractivity contribution is 8.19. The summed E-state index contributed by atoms with van der Waals surface area (Å²) >= 11 is 0. The van der Waals surface area contributed by atoms with Crippen LogP contribution in [0.15, 0.2) is 125 Å². The predicted octanol–water partition coefficient (Wildman–Crippen LogP) is 9.50. The molecule has 0 saturated carbocycles. The normalized spacial score (nSPS) is 12.6. The van der Waals surface area contributed by atoms with Crippen LogP contribution >= 0.6 is 10.9 Å². The minimum absolute atomic E-state index is 0. The molecular weight excluding hydrogens is 985 g/mol. The maximum Gasteiger partial charge on any atom is 0.296 e. The SMILES string of the molecule is C.Nc1c(N=Nc2cc(Nc3cc(F)ccc3[N+](=O)[O-])ccc2S(=O)(=O)O)c(S(O)(O)O)cc2cc(S(=O)(=O)O)c(N=Nc3cc(Nc4cc(F)ccc4[N+](=O)[O-])ccc3S(=O)(=O)O)c(O)c12. The number of phenolic OH excluding ortho intramolecular Hbond substituents is 1. The molecule has 354 valence electrons. The van der Waals surface area contributed by atoms with Crippen LogP contribution in [0.2, 0.25) is 0 Å². The van der Waals surface area contributed by atoms with Gasteiger partial charge in [0.1, 0.15) is 71.3 Å². The summed E-state index contributed by atoms with van der Waals surface area (Å²) in [7, 11) is -21.0. The van der Waals surface area contributed by atoms with Gasteiger partial charge in [0.2, 0.25) is 0 Å². The Labute approximate surface area is 375 Å². The Bertz CT molecular complexity index is 3470. The predicted molar refractivity (Wildman–Crippen MR) is 234 cm³/mol. The standard InChI is InChI=1S/C34H25F2N9O17S4.CH4/c35-16-1-5-24(44(47)48)20(11-16)38-18-3-7-26(63(51,52)53)22(13-18)40-42-32-28(65(57,58)59)9-15-10-29(66(60,61)62)33(34(46)30(15)31(32)37)43-41-23-14-19(4-8-27(23)64(54,55)56)39-21-12-17(36)2-6-25(21)45(49)50;/h1-14,38-39,46,57-59H,37H2,(H,51,52,53)(H,54,55,56)(H,60,61,62);1H4. The third kappa shape index (κ3) is 11.0. The molecule has 0 amide bonds. The van der Waals surface area contributed by atoms with E-state index in [2.05, 4.69) is 31.1 Å². The molecule has 0 saturated heterocycles. The van der Waals surface area contributed by atoms with Crippen LogP contribution in [-0.2, 0) is 30.4 Å². The fourth-order valence-electron chi connectivity index (χ4n) is 5.95. The third-order valence-electron chi connectivity index (χ3n) is 8.74. The molecule has 0 radical (unpaired) electrons. The van der Waals surface area contributed by atoms with E-state index in [4.69, 9.17) is 5.73 Å². The van der Waals surface area contributed by atoms with Gasteiger partial charge in [0.15, 0.2) is 5.75 Å². The molecule has 0 atom stereocenters. The molecule has 0 unspecified atom stereocenters. The Hall–Kier alpha value is -7.40. The molecule has 67 heavy (non-hydrogen) atoms. The Morgan fingerprint density at radius 1 is 0.552 bits per heavy atom. The van der Waals surface area contributed by atoms with Crippen molar-refractivity contribution in [2.24, 2.45) is 20.5 Å². The lowest BCUT2D eigenvalue weighted by molar-refractivity contribution is -0.384. The average molecular weight is 1010 g/mol. The topological polar surface area (TPSA) is 430 Å². The summed E-state index contributed by atoms with van der Waals surface area (Å²) in [6.07, 6.45) is 0. The molecule has 0 heterocycles. The number of nitrogens with two attached hydrogens (primary N) is 1. The fraction of sp³-hybridized carbons (Fsp3) is 0.0286. The number of azo groups is 2. The number of phenols is 1. The van der Waals surface area contributed by atoms with Crippen molar-refractivity contribution in [3.05, 3.63) is 117 Å². The molecule has 6 rings (SSSR count). The summed E-state index contributed by atoms with van der Waals surface area (Å²) in [4.78, 5) is 16.8. The van der Waals surface area contributed by atoms with E-state index >= 15 is 0 Å². The molecule has 0 aromatic heterocycles. The van der Waals surface area contributed by atoms with Crippen LogP contribution in [0.3, 0.4) is 0 Å². The molecule has 0 spiro atoms. The van der Waals surface area contributed by atoms with Crippen LogP contribution in [0.25, 0.3) is 10.8 Å². The minimum atomic E-state index is -5.53. The van der Waals surface area contributed by atoms with Crippen molar-refractivity contribution in [3.63, 3.8) is 0 Å². The van der Waals surface area contributed by atoms with Gasteiger partial charge in [-0.3, -0.25) is 33.9 Å². The quantitative estimate of drug-likeness (QED) is 0.0159. The van der Waals surface area contributed by atoms with E-state index in [0.29, 0.717) is 36.4 Å². The van der Waals surface area contributed by atoms with Gasteiger partial charge in [-0.15, -0.1) is 20.5 Å². The van der Waals surface area contributed by atoms with E-state index in [1.807, 2.05) is 0 Å². The van der Waals surface area contributed by atoms with Crippen molar-refractivity contribution >= 4 is 115 Å². The first-order chi connectivity index (χ1) is 30.5. The second kappa shape index (κ2) is 18.5. The summed E-state index contributed by atoms with van der Waals surface area (Å²) in [6, 6.07) is 10.5. The Morgan fingerprint density at radius 2 is 0.955 bits per heavy atom. The number of nitro groups is 2. The number of nitrogen functional groups attached to an aromatic ring is 1. The number of anilines is 5. The smallest absolute Gasteiger partial charge is 0.296 e. The second-order valence-electron chi connectivity index (χ2n) is 13.1. The van der Waals surface area contributed by atoms with E-state index in [9.17, 15) is 86.7 Å². The number of nitrogens with one attached hydrogen (secondary N) is 2. The molecular formula is C35H29F2N9O17S4. The number of rotatable bonds is 14. The number of benzene rings is 6. The van der Waals surface area contributed by atoms with Crippen molar-refractivity contribution in [3.8, 4) is 5.75 Å². The van der Waals surface area contributed by atoms with E-state index in [0.717, 1.165) is 48.5 Å². The molecule has 0 aliphatic heterocycles. The van der Waals surface area contributed by atoms with E-state index in [-0.39, 0.29) is 18.8 Å². The monoisotopic (exact) mass is 1010 g/mol. The molecule has 0 aliphatic rings. The fourth-order valence-corrected chi connectivity index (χ4v) is 8.51. The van der Waals surface area contributed by atoms with Crippen LogP contribution in [0.4, 0.5) is 71.3 Å². The summed E-state index contributed by atoms with van der Waals surface area (Å²) in [5.41, 5.74) is -1.39. The Morgan fingerprint density at radius 3 is 1.34 bits per heavy atom. The zero-order valence-corrected chi connectivity index (χ0v) is 35.2. The lowest BCUT2D eigenvalue weighted by Crippen LogP contribution is -2.03. The van der Waals surface area contributed by atoms with E-state index in [1.54, 1.807) is 0 Å². The maximum absolute atomic E-state index is 14.0. The zero-order valence-electron chi connectivity index (χ0n) is 31.9. The summed E-state index contributed by atoms with van der Waals surface area (Å²) < 4.78 is 164. The van der Waals surface area contributed by atoms with Crippen molar-refractivity contribution in [2.45, 2.75) is 27.0 Å². The molecule has 0 aliphatic carbocycles. The molecule has 32 heteroatoms. The number of nitro benzene ring substituents is 2. The van der Waals surface area contributed by atoms with Gasteiger partial charge in [0, 0.05) is 35.6 Å². The highest BCUT2D eigenvalue weighted by atomic mass is 32.3. The van der Waals surface area contributed by atoms with Crippen LogP contribution in [0.1, 0.15) is 7.43 Å². The van der Waals surface area contributed by atoms with E-state index in [1.165, 1.54) is 0 Å². The van der Waals surface area contributed by atoms with Crippen molar-refractivity contribution in [1.82, 2.24) is 0 Å². The Kier molecular flexibility index (Phi) is 13.9. The lowest BCUT2D eigenvalue weighted by Gasteiger charge is -2.23. The van der Waals surface area contributed by atoms with Gasteiger partial charge in [0.25, 0.3) is 41.7 Å². The highest BCUT2D eigenvalue weighted by Gasteiger charge is 2.30. The van der Waals surface area contributed by atoms with Gasteiger partial charge in [0.05, 0.1) is 25.8 Å². The molecule has 0 bridgehead atoms. The molecule has 0 fully saturated rings. The van der Waals surface area contributed by atoms with Crippen LogP contribution in [-0.4, -0.2) is 67.5 Å². The number of hydrogen-bond acceptors (Lipinski definition) is 21. The number of fused-ring (bicyclic) bond motifs is 1. The van der Waals surface area contributed by atoms with Crippen molar-refractivity contribution in [1.29, 1.82) is 0 Å². The zero-order chi connectivity index (χ0) is 48.8. The molecule has 6 aromatic carbocycles. The molecule has 6 aromatic rings. The first kappa shape index (κ1) is 50.6. The number of hydrogen-bond donors (Lipinski definition) is 10. The summed E-state index contributed by atoms with van der Waals surface area (Å²) in [6.45, 7) is 0. The van der Waals surface area contributed by atoms with Crippen LogP contribution in [0, 0.1) is 31.9 Å². The molecule has 26 nitrogen and oxygen atoms in total. The number of nitrogens with zero attached hydrogens (tertiary/aromatic N) is 6. The van der Waals surface area contributed by atoms with Crippen LogP contribution < -0.4 is 16.4 Å². The van der Waals surface area contributed by atoms with Gasteiger partial charge in [-0.2, -0.15) is 25.3 Å². The van der Waals surface area contributed by atoms with Gasteiger partial charge in [-0.1, -0.05) is 7.43 Å². The maximum atomic E-state index is 14.0. The minimum Gasteiger partial charge on any atom is -0.505 e. The first-order valence-electron chi connectivity index (χ1n) is 17.1. The first-order valence-corrected chi connectivity index (χ1v) is 23.0. The Balaban J connectivity index is 0.00000840. The number of halogens is 2. The van der Waals surface area contributed by atoms with E-state index < -0.39 is 150 Å². The molecule has 11 N–H and O–H groups in total. The number of aromatic hydroxyl groups is 1. The van der Waals surface area contributed by atoms with Gasteiger partial charge < -0.3 is 35.1 Å². The van der Waals surface area contributed by atoms with Gasteiger partial charge in [-0.25, -0.2) is 8.78 Å². The van der Waals surface area contributed by atoms with Gasteiger partial charge >= 0.3 is 0 Å². The largest absolute Gasteiger partial charge is 0.505 e. The lowest BCUT2D eigenvalue weighted by atomic mass is 10.1.